The number of carbonyl (C=O) groups is 8. The van der Waals surface area contributed by atoms with Crippen LogP contribution in [0.25, 0.3) is 12.2 Å². The van der Waals surface area contributed by atoms with Gasteiger partial charge in [0.05, 0.1) is 61.0 Å². The van der Waals surface area contributed by atoms with Gasteiger partial charge in [0, 0.05) is 226 Å². The van der Waals surface area contributed by atoms with Gasteiger partial charge in [-0.15, -0.1) is 4.91 Å². The van der Waals surface area contributed by atoms with Gasteiger partial charge < -0.3 is 94.8 Å². The summed E-state index contributed by atoms with van der Waals surface area (Å²) >= 11 is 0. The van der Waals surface area contributed by atoms with Gasteiger partial charge in [-0.05, 0) is 251 Å². The molecule has 149 heavy (non-hydrogen) atoms. The van der Waals surface area contributed by atoms with E-state index in [-0.39, 0.29) is 78.6 Å². The van der Waals surface area contributed by atoms with Crippen LogP contribution in [0, 0.1) is 4.91 Å². The molecule has 8 N–H and O–H groups in total. The first kappa shape index (κ1) is 115. The number of allylic oxidation sites excluding steroid dienone is 8. The molecule has 2 atom stereocenters. The van der Waals surface area contributed by atoms with Gasteiger partial charge >= 0.3 is 37.2 Å². The van der Waals surface area contributed by atoms with Crippen LogP contribution in [0.4, 0.5) is 62.6 Å². The number of rotatable bonds is 35. The highest BCUT2D eigenvalue weighted by Crippen LogP contribution is 2.57. The van der Waals surface area contributed by atoms with E-state index in [1.165, 1.54) is 45.0 Å². The second kappa shape index (κ2) is 50.5. The number of fused-ring (bicyclic) bond motifs is 6. The number of hydrogen-bond acceptors (Lipinski definition) is 24. The molecule has 9 aromatic carbocycles. The van der Waals surface area contributed by atoms with Gasteiger partial charge in [0.1, 0.15) is 36.2 Å². The molecular formula is C118H143N12O19+. The summed E-state index contributed by atoms with van der Waals surface area (Å²) in [6.07, 6.45) is 20.7. The van der Waals surface area contributed by atoms with Crippen LogP contribution in [0.2, 0.25) is 0 Å². The quantitative estimate of drug-likeness (QED) is 0.00839. The number of benzene rings is 9. The van der Waals surface area contributed by atoms with Crippen LogP contribution in [0.15, 0.2) is 270 Å². The number of ketones is 1. The van der Waals surface area contributed by atoms with Crippen LogP contribution in [-0.4, -0.2) is 229 Å². The van der Waals surface area contributed by atoms with E-state index in [0.29, 0.717) is 74.9 Å². The lowest BCUT2D eigenvalue weighted by atomic mass is 9.76. The number of aliphatic carboxylic acids is 6. The highest BCUT2D eigenvalue weighted by atomic mass is 16.5. The van der Waals surface area contributed by atoms with Gasteiger partial charge in [-0.1, -0.05) is 86.6 Å². The molecule has 9 aromatic rings. The number of carbonyl (C=O) groups excluding carboxylic acids is 2. The highest BCUT2D eigenvalue weighted by Gasteiger charge is 2.60. The number of carboxylic acids is 6. The summed E-state index contributed by atoms with van der Waals surface area (Å²) in [6, 6.07) is 65.0. The number of phenols is 1. The van der Waals surface area contributed by atoms with Crippen molar-refractivity contribution in [1.29, 1.82) is 0 Å². The molecule has 0 bridgehead atoms. The summed E-state index contributed by atoms with van der Waals surface area (Å²) in [6.45, 7) is 36.4. The lowest BCUT2D eigenvalue weighted by molar-refractivity contribution is -0.401. The maximum Gasteiger partial charge on any atom is 1.00 e. The molecule has 31 heteroatoms. The van der Waals surface area contributed by atoms with Crippen LogP contribution < -0.4 is 48.7 Å². The standard InChI is InChI=1S/3C24H28N2O3.C23H27N3O3.C12H15NO3.C11H14N2O3.H2O/c1-5-26(15-13-22(27)28)18-11-10-17-12-14-24(29-21(17)16-18)23(2,3)19-8-6-7-9-20(19)25(24)4;2*1-5-26(15-14-23(28)29)18-12-10-17(21(27)16-18)11-13-22-24(2,3)19-8-6-7-9-20(19)25(22)4;1-5-26(13-12-21(27)28)16-10-11-18-20(14-16)29-23(15-24-18)22(2,3)17-8-6-7-9-19(17)25(23)4;1-2-13(8-7-12(15)16)11-5-3-10(9-14)4-6-11;1-2-13(8-7-11(14)15)10-5-3-9(12-16)4-6-10;/h6-12,14,16H,5,13,15H2,1-4H3,(H,27,28);2*6-13,16H,5,14-15H2,1-4H3,(H,28,29);6-11,14-15H,5,12-13H2,1-4H3,(H,27,28);3-6,9H,2,7-8H2,1H3,(H,15,16);3-6H,2,7-8H2,1H3,(H,14,15);1H2/p+1/b;17-11-,22-13+;;;;;. The van der Waals surface area contributed by atoms with E-state index in [1.807, 2.05) is 189 Å². The molecular weight excluding hydrogens is 1890 g/mol. The van der Waals surface area contributed by atoms with Crippen molar-refractivity contribution in [3.63, 3.8) is 0 Å². The Labute approximate surface area is 875 Å². The van der Waals surface area contributed by atoms with E-state index in [2.05, 4.69) is 203 Å². The van der Waals surface area contributed by atoms with Crippen LogP contribution in [0.3, 0.4) is 0 Å². The van der Waals surface area contributed by atoms with Crippen molar-refractivity contribution >= 4 is 135 Å². The monoisotopic (exact) mass is 2030 g/mol. The maximum atomic E-state index is 12.6. The maximum absolute atomic E-state index is 12.6. The third kappa shape index (κ3) is 26.2. The Morgan fingerprint density at radius 2 is 0.859 bits per heavy atom. The Hall–Kier alpha value is -15.9. The van der Waals surface area contributed by atoms with Crippen LogP contribution in [0.1, 0.15) is 181 Å². The number of para-hydroxylation sites is 4. The average Bonchev–Trinajstić information content (AvgIpc) is 1.54. The zero-order valence-electron chi connectivity index (χ0n) is 89.6. The van der Waals surface area contributed by atoms with Crippen molar-refractivity contribution in [1.82, 2.24) is 4.90 Å². The van der Waals surface area contributed by atoms with E-state index in [9.17, 15) is 48.4 Å². The Kier molecular flexibility index (Phi) is 38.9. The zero-order chi connectivity index (χ0) is 108. The molecule has 788 valence electrons. The number of likely N-dealkylation sites (N-methyl/N-ethyl adjacent to an activating group) is 4. The summed E-state index contributed by atoms with van der Waals surface area (Å²) in [5.74, 6) is -3.21. The van der Waals surface area contributed by atoms with Crippen molar-refractivity contribution in [2.45, 2.75) is 169 Å². The molecule has 6 aliphatic heterocycles. The van der Waals surface area contributed by atoms with Crippen molar-refractivity contribution in [2.75, 3.05) is 146 Å². The van der Waals surface area contributed by atoms with Crippen LogP contribution in [0.5, 0.6) is 17.2 Å². The molecule has 2 spiro atoms. The predicted molar refractivity (Wildman–Crippen MR) is 593 cm³/mol. The Morgan fingerprint density at radius 3 is 1.32 bits per heavy atom. The fourth-order valence-electron chi connectivity index (χ4n) is 20.1. The molecule has 0 amide bonds. The SMILES string of the molecule is CCN(CCC(=O)O)C1=CC(=O)/C(=C\C=C2\N(C)c3ccccc3C2(C)C)C=C1.CCN(CCC(=O)O)c1ccc(/C=C/C2=[N+](C)c3ccccc3C2(C)C)c(O)c1.CCN(CCC(=O)O)c1ccc(C=O)cc1.CCN(CCC(=O)O)c1ccc(N=O)cc1.CCN(CCC(=O)O)c1ccc2c(c1)OC1(C=C2)N(C)c2ccccc2C1(C)C.CCN(CCC(=O)O)c1ccc2c(c1)OC1(C=N2)N(C)c2ccccc2C1(C)C.[H+].[OH-]. The van der Waals surface area contributed by atoms with E-state index < -0.39 is 47.3 Å². The third-order valence-corrected chi connectivity index (χ3v) is 28.8. The van der Waals surface area contributed by atoms with Gasteiger partial charge in [0.2, 0.25) is 17.1 Å². The molecule has 7 aliphatic rings. The van der Waals surface area contributed by atoms with Crippen molar-refractivity contribution in [2.24, 2.45) is 10.2 Å². The van der Waals surface area contributed by atoms with Crippen molar-refractivity contribution < 1.29 is 95.1 Å². The first-order valence-corrected chi connectivity index (χ1v) is 50.2. The minimum absolute atomic E-state index is 0. The Morgan fingerprint density at radius 1 is 0.450 bits per heavy atom. The highest BCUT2D eigenvalue weighted by molar-refractivity contribution is 6.08. The molecule has 1 aliphatic carbocycles. The summed E-state index contributed by atoms with van der Waals surface area (Å²) in [7, 11) is 8.24. The van der Waals surface area contributed by atoms with Crippen molar-refractivity contribution in [3.8, 4) is 17.2 Å². The normalized spacial score (nSPS) is 17.1. The fraction of sp³-hybridized carbons (Fsp3) is 0.356. The number of ether oxygens (including phenoxy) is 2. The first-order valence-electron chi connectivity index (χ1n) is 50.2. The molecule has 2 unspecified atom stereocenters. The number of aromatic hydroxyl groups is 1. The lowest BCUT2D eigenvalue weighted by Gasteiger charge is -2.46. The Balaban J connectivity index is 0.000000202. The summed E-state index contributed by atoms with van der Waals surface area (Å²) in [4.78, 5) is 121. The van der Waals surface area contributed by atoms with Gasteiger partial charge in [0.25, 0.3) is 0 Å². The fourth-order valence-corrected chi connectivity index (χ4v) is 20.1. The average molecular weight is 2030 g/mol. The second-order valence-corrected chi connectivity index (χ2v) is 38.9. The van der Waals surface area contributed by atoms with E-state index in [0.717, 1.165) is 101 Å². The topological polar surface area (TPSA) is 401 Å². The minimum atomic E-state index is -0.841. The second-order valence-electron chi connectivity index (χ2n) is 38.9. The van der Waals surface area contributed by atoms with Gasteiger partial charge in [-0.2, -0.15) is 4.58 Å². The van der Waals surface area contributed by atoms with Crippen molar-refractivity contribution in [3.05, 3.63) is 304 Å². The van der Waals surface area contributed by atoms with Crippen LogP contribution >= 0.6 is 0 Å². The minimum Gasteiger partial charge on any atom is -0.870 e. The number of hydrogen-bond donors (Lipinski definition) is 7. The van der Waals surface area contributed by atoms with E-state index in [1.54, 1.807) is 48.5 Å². The Bertz CT molecular complexity index is 6370. The van der Waals surface area contributed by atoms with E-state index >= 15 is 0 Å². The molecule has 0 saturated carbocycles. The number of anilines is 8. The third-order valence-electron chi connectivity index (χ3n) is 28.8. The largest absolute Gasteiger partial charge is 1.00 e. The molecule has 0 fully saturated rings. The smallest absolute Gasteiger partial charge is 0.870 e. The first-order chi connectivity index (χ1) is 70.4. The van der Waals surface area contributed by atoms with Gasteiger partial charge in [0.15, 0.2) is 17.2 Å². The number of nitroso groups, excluding NO2 is 1. The molecule has 16 rings (SSSR count). The summed E-state index contributed by atoms with van der Waals surface area (Å²) in [5, 5.41) is 66.5. The number of aliphatic imine (C=N–C) groups is 1. The van der Waals surface area contributed by atoms with Crippen LogP contribution in [-0.2, 0) is 55.2 Å². The molecule has 6 heterocycles. The van der Waals surface area contributed by atoms with Gasteiger partial charge in [-0.3, -0.25) is 43.3 Å². The molecule has 0 aromatic heterocycles. The van der Waals surface area contributed by atoms with Gasteiger partial charge in [-0.25, -0.2) is 0 Å². The summed E-state index contributed by atoms with van der Waals surface area (Å²) < 4.78 is 15.6. The number of nitrogens with zero attached hydrogens (tertiary/aromatic N) is 12. The zero-order valence-corrected chi connectivity index (χ0v) is 88.6. The summed E-state index contributed by atoms with van der Waals surface area (Å²) in [5.41, 5.74) is 19.5. The predicted octanol–water partition coefficient (Wildman–Crippen LogP) is 21.3. The number of aldehydes is 1. The lowest BCUT2D eigenvalue weighted by Crippen LogP contribution is -2.61. The molecule has 0 saturated heterocycles. The number of phenolic OH excluding ortho intramolecular Hbond substituents is 1. The molecule has 31 nitrogen and oxygen atoms in total. The van der Waals surface area contributed by atoms with E-state index in [4.69, 9.17) is 45.1 Å². The number of carboxylic acid groups (broad SMARTS) is 6. The molecule has 0 radical (unpaired) electrons.